The highest BCUT2D eigenvalue weighted by molar-refractivity contribution is 7.80. The summed E-state index contributed by atoms with van der Waals surface area (Å²) in [6.45, 7) is 4.07. The van der Waals surface area contributed by atoms with Crippen LogP contribution in [0.25, 0.3) is 0 Å². The van der Waals surface area contributed by atoms with E-state index in [4.69, 9.17) is 4.74 Å². The minimum Gasteiger partial charge on any atom is -0.487 e. The minimum atomic E-state index is -0.00194. The summed E-state index contributed by atoms with van der Waals surface area (Å²) in [4.78, 5) is 10.2. The van der Waals surface area contributed by atoms with E-state index in [9.17, 15) is 4.79 Å². The topological polar surface area (TPSA) is 26.3 Å². The molecule has 0 unspecified atom stereocenters. The second kappa shape index (κ2) is 5.35. The zero-order valence-corrected chi connectivity index (χ0v) is 7.11. The number of carbonyl (C=O) groups is 1. The van der Waals surface area contributed by atoms with Gasteiger partial charge in [0, 0.05) is 12.8 Å². The van der Waals surface area contributed by atoms with Crippen molar-refractivity contribution in [3.63, 3.8) is 0 Å². The van der Waals surface area contributed by atoms with Crippen LogP contribution in [0, 0.1) is 5.92 Å². The lowest BCUT2D eigenvalue weighted by molar-refractivity contribution is -0.112. The Hall–Kier alpha value is -0.440. The summed E-state index contributed by atoms with van der Waals surface area (Å²) in [6, 6.07) is 0. The van der Waals surface area contributed by atoms with Gasteiger partial charge in [-0.05, 0) is 18.6 Å². The fourth-order valence-electron chi connectivity index (χ4n) is 0.478. The minimum absolute atomic E-state index is 0.00194. The molecule has 0 spiro atoms. The molecule has 3 heteroatoms. The van der Waals surface area contributed by atoms with Gasteiger partial charge in [0.05, 0.1) is 6.61 Å². The molecule has 0 aromatic heterocycles. The lowest BCUT2D eigenvalue weighted by Gasteiger charge is -2.07. The maximum Gasteiger partial charge on any atom is 0.156 e. The third-order valence-electron chi connectivity index (χ3n) is 1.22. The SMILES string of the molecule is CC[C@@H](C=O)COC(C)=S. The smallest absolute Gasteiger partial charge is 0.156 e. The number of ether oxygens (including phenoxy) is 1. The van der Waals surface area contributed by atoms with Gasteiger partial charge < -0.3 is 9.53 Å². The lowest BCUT2D eigenvalue weighted by atomic mass is 10.1. The summed E-state index contributed by atoms with van der Waals surface area (Å²) in [6.07, 6.45) is 1.71. The van der Waals surface area contributed by atoms with E-state index >= 15 is 0 Å². The van der Waals surface area contributed by atoms with Crippen LogP contribution in [0.3, 0.4) is 0 Å². The van der Waals surface area contributed by atoms with Crippen molar-refractivity contribution in [2.45, 2.75) is 20.3 Å². The van der Waals surface area contributed by atoms with E-state index < -0.39 is 0 Å². The molecule has 0 heterocycles. The molecule has 10 heavy (non-hydrogen) atoms. The van der Waals surface area contributed by atoms with Crippen molar-refractivity contribution in [3.05, 3.63) is 0 Å². The van der Waals surface area contributed by atoms with Crippen molar-refractivity contribution in [1.82, 2.24) is 0 Å². The number of rotatable bonds is 4. The molecule has 0 radical (unpaired) electrons. The third kappa shape index (κ3) is 4.44. The third-order valence-corrected chi connectivity index (χ3v) is 1.34. The average Bonchev–Trinajstić information content (AvgIpc) is 1.90. The predicted molar refractivity (Wildman–Crippen MR) is 44.1 cm³/mol. The number of hydrogen-bond donors (Lipinski definition) is 0. The van der Waals surface area contributed by atoms with E-state index in [0.717, 1.165) is 12.7 Å². The summed E-state index contributed by atoms with van der Waals surface area (Å²) in [5, 5.41) is 0.500. The lowest BCUT2D eigenvalue weighted by Crippen LogP contribution is -2.11. The first kappa shape index (κ1) is 9.56. The number of carbonyl (C=O) groups excluding carboxylic acids is 1. The highest BCUT2D eigenvalue weighted by Crippen LogP contribution is 1.98. The summed E-state index contributed by atoms with van der Waals surface area (Å²) in [7, 11) is 0. The zero-order valence-electron chi connectivity index (χ0n) is 6.29. The normalized spacial score (nSPS) is 12.2. The number of aldehydes is 1. The van der Waals surface area contributed by atoms with Gasteiger partial charge in [-0.15, -0.1) is 0 Å². The van der Waals surface area contributed by atoms with E-state index in [0.29, 0.717) is 11.7 Å². The average molecular weight is 160 g/mol. The van der Waals surface area contributed by atoms with E-state index in [-0.39, 0.29) is 5.92 Å². The summed E-state index contributed by atoms with van der Waals surface area (Å²) < 4.78 is 4.99. The van der Waals surface area contributed by atoms with Gasteiger partial charge in [0.1, 0.15) is 6.29 Å². The molecule has 0 aliphatic carbocycles. The molecule has 0 aromatic carbocycles. The highest BCUT2D eigenvalue weighted by atomic mass is 32.1. The molecule has 0 saturated heterocycles. The molecule has 0 saturated carbocycles. The van der Waals surface area contributed by atoms with Crippen molar-refractivity contribution in [2.75, 3.05) is 6.61 Å². The number of thiocarbonyl (C=S) groups is 1. The molecule has 0 amide bonds. The van der Waals surface area contributed by atoms with Crippen LogP contribution in [0.5, 0.6) is 0 Å². The van der Waals surface area contributed by atoms with Gasteiger partial charge in [0.15, 0.2) is 5.05 Å². The van der Waals surface area contributed by atoms with Crippen LogP contribution in [-0.4, -0.2) is 17.9 Å². The standard InChI is InChI=1S/C7H12O2S/c1-3-7(4-8)5-9-6(2)10/h4,7H,3,5H2,1-2H3/t7-/m0/s1. The molecule has 0 bridgehead atoms. The largest absolute Gasteiger partial charge is 0.487 e. The van der Waals surface area contributed by atoms with Gasteiger partial charge in [0.25, 0.3) is 0 Å². The first-order valence-corrected chi connectivity index (χ1v) is 3.70. The monoisotopic (exact) mass is 160 g/mol. The second-order valence-electron chi connectivity index (χ2n) is 2.11. The van der Waals surface area contributed by atoms with Crippen LogP contribution < -0.4 is 0 Å². The summed E-state index contributed by atoms with van der Waals surface area (Å²) in [5.74, 6) is -0.00194. The molecule has 0 aliphatic heterocycles. The Labute approximate surface area is 66.6 Å². The Morgan fingerprint density at radius 3 is 2.70 bits per heavy atom. The molecule has 58 valence electrons. The van der Waals surface area contributed by atoms with Crippen LogP contribution in [0.1, 0.15) is 20.3 Å². The van der Waals surface area contributed by atoms with Crippen molar-refractivity contribution in [3.8, 4) is 0 Å². The van der Waals surface area contributed by atoms with Gasteiger partial charge in [-0.1, -0.05) is 6.92 Å². The van der Waals surface area contributed by atoms with E-state index in [2.05, 4.69) is 12.2 Å². The fourth-order valence-corrected chi connectivity index (χ4v) is 0.546. The Morgan fingerprint density at radius 2 is 2.40 bits per heavy atom. The molecule has 0 N–H and O–H groups in total. The molecule has 0 fully saturated rings. The van der Waals surface area contributed by atoms with Gasteiger partial charge in [-0.3, -0.25) is 0 Å². The van der Waals surface area contributed by atoms with E-state index in [1.54, 1.807) is 6.92 Å². The van der Waals surface area contributed by atoms with Crippen LogP contribution >= 0.6 is 12.2 Å². The number of hydrogen-bond acceptors (Lipinski definition) is 3. The van der Waals surface area contributed by atoms with E-state index in [1.807, 2.05) is 6.92 Å². The maximum atomic E-state index is 10.2. The highest BCUT2D eigenvalue weighted by Gasteiger charge is 2.03. The second-order valence-corrected chi connectivity index (χ2v) is 2.68. The van der Waals surface area contributed by atoms with Crippen molar-refractivity contribution >= 4 is 23.6 Å². The Morgan fingerprint density at radius 1 is 1.80 bits per heavy atom. The summed E-state index contributed by atoms with van der Waals surface area (Å²) in [5.41, 5.74) is 0. The van der Waals surface area contributed by atoms with Gasteiger partial charge >= 0.3 is 0 Å². The molecule has 0 aromatic rings. The van der Waals surface area contributed by atoms with Crippen LogP contribution in [0.15, 0.2) is 0 Å². The van der Waals surface area contributed by atoms with Crippen molar-refractivity contribution in [2.24, 2.45) is 5.92 Å². The van der Waals surface area contributed by atoms with Gasteiger partial charge in [0.2, 0.25) is 0 Å². The molecule has 1 atom stereocenters. The Bertz CT molecular complexity index is 123. The first-order valence-electron chi connectivity index (χ1n) is 3.29. The Balaban J connectivity index is 3.44. The molecular formula is C7H12O2S. The van der Waals surface area contributed by atoms with Crippen molar-refractivity contribution < 1.29 is 9.53 Å². The van der Waals surface area contributed by atoms with Crippen molar-refractivity contribution in [1.29, 1.82) is 0 Å². The molecular weight excluding hydrogens is 148 g/mol. The first-order chi connectivity index (χ1) is 4.70. The van der Waals surface area contributed by atoms with E-state index in [1.165, 1.54) is 0 Å². The van der Waals surface area contributed by atoms with Crippen LogP contribution in [0.4, 0.5) is 0 Å². The summed E-state index contributed by atoms with van der Waals surface area (Å²) >= 11 is 4.67. The van der Waals surface area contributed by atoms with Gasteiger partial charge in [-0.2, -0.15) is 0 Å². The van der Waals surface area contributed by atoms with Crippen LogP contribution in [-0.2, 0) is 9.53 Å². The molecule has 0 rings (SSSR count). The predicted octanol–water partition coefficient (Wildman–Crippen LogP) is 1.58. The molecule has 0 aliphatic rings. The quantitative estimate of drug-likeness (QED) is 0.461. The zero-order chi connectivity index (χ0) is 7.98. The van der Waals surface area contributed by atoms with Crippen LogP contribution in [0.2, 0.25) is 0 Å². The fraction of sp³-hybridized carbons (Fsp3) is 0.714. The molecule has 2 nitrogen and oxygen atoms in total. The maximum absolute atomic E-state index is 10.2. The van der Waals surface area contributed by atoms with Gasteiger partial charge in [-0.25, -0.2) is 0 Å². The Kier molecular flexibility index (Phi) is 5.12.